The molecule has 2 rings (SSSR count). The fraction of sp³-hybridized carbons (Fsp3) is 0.500. The maximum Gasteiger partial charge on any atom is 0.286 e. The summed E-state index contributed by atoms with van der Waals surface area (Å²) in [5, 5.41) is 0. The van der Waals surface area contributed by atoms with Crippen LogP contribution in [0, 0.1) is 0 Å². The SMILES string of the molecule is c1cc(N2CCOCC2)nc[nH+]1. The zero-order valence-corrected chi connectivity index (χ0v) is 6.86. The van der Waals surface area contributed by atoms with E-state index in [4.69, 9.17) is 4.74 Å². The number of anilines is 1. The van der Waals surface area contributed by atoms with Crippen LogP contribution >= 0.6 is 0 Å². The number of aromatic nitrogens is 2. The fourth-order valence-electron chi connectivity index (χ4n) is 1.29. The number of nitrogens with one attached hydrogen (secondary N) is 1. The third-order valence-electron chi connectivity index (χ3n) is 1.94. The number of rotatable bonds is 1. The third-order valence-corrected chi connectivity index (χ3v) is 1.94. The third kappa shape index (κ3) is 1.53. The Kier molecular flexibility index (Phi) is 2.18. The maximum absolute atomic E-state index is 5.24. The second-order valence-electron chi connectivity index (χ2n) is 2.72. The summed E-state index contributed by atoms with van der Waals surface area (Å²) in [6.45, 7) is 3.49. The monoisotopic (exact) mass is 166 g/mol. The summed E-state index contributed by atoms with van der Waals surface area (Å²) in [6.07, 6.45) is 3.59. The van der Waals surface area contributed by atoms with Crippen LogP contribution < -0.4 is 9.88 Å². The minimum Gasteiger partial charge on any atom is -0.378 e. The van der Waals surface area contributed by atoms with Crippen molar-refractivity contribution in [3.8, 4) is 0 Å². The van der Waals surface area contributed by atoms with Crippen LogP contribution in [0.4, 0.5) is 5.82 Å². The van der Waals surface area contributed by atoms with Crippen molar-refractivity contribution >= 4 is 5.82 Å². The molecule has 0 saturated carbocycles. The van der Waals surface area contributed by atoms with E-state index in [1.807, 2.05) is 12.3 Å². The second kappa shape index (κ2) is 3.49. The molecule has 4 heteroatoms. The van der Waals surface area contributed by atoms with Gasteiger partial charge in [0.1, 0.15) is 0 Å². The molecule has 0 aliphatic carbocycles. The van der Waals surface area contributed by atoms with Crippen LogP contribution in [0.15, 0.2) is 18.6 Å². The molecule has 1 N–H and O–H groups in total. The molecule has 0 atom stereocenters. The van der Waals surface area contributed by atoms with E-state index in [1.54, 1.807) is 6.33 Å². The Hall–Kier alpha value is -1.16. The van der Waals surface area contributed by atoms with Crippen LogP contribution in [0.3, 0.4) is 0 Å². The van der Waals surface area contributed by atoms with Gasteiger partial charge in [0.25, 0.3) is 6.33 Å². The van der Waals surface area contributed by atoms with Crippen LogP contribution in [-0.4, -0.2) is 31.3 Å². The van der Waals surface area contributed by atoms with E-state index in [2.05, 4.69) is 14.9 Å². The Bertz CT molecular complexity index is 233. The molecule has 12 heavy (non-hydrogen) atoms. The van der Waals surface area contributed by atoms with E-state index < -0.39 is 0 Å². The molecule has 1 aromatic rings. The molecule has 0 amide bonds. The van der Waals surface area contributed by atoms with Crippen molar-refractivity contribution in [1.29, 1.82) is 0 Å². The molecule has 1 saturated heterocycles. The van der Waals surface area contributed by atoms with Gasteiger partial charge in [-0.05, 0) is 4.98 Å². The van der Waals surface area contributed by atoms with Gasteiger partial charge in [-0.25, -0.2) is 0 Å². The molecule has 1 aliphatic rings. The van der Waals surface area contributed by atoms with Crippen molar-refractivity contribution in [1.82, 2.24) is 4.98 Å². The quantitative estimate of drug-likeness (QED) is 0.576. The first kappa shape index (κ1) is 7.49. The normalized spacial score (nSPS) is 17.8. The van der Waals surface area contributed by atoms with E-state index in [1.165, 1.54) is 0 Å². The van der Waals surface area contributed by atoms with Crippen molar-refractivity contribution in [2.24, 2.45) is 0 Å². The molecule has 1 aliphatic heterocycles. The molecule has 4 nitrogen and oxygen atoms in total. The minimum absolute atomic E-state index is 0.806. The molecule has 0 radical (unpaired) electrons. The Morgan fingerprint density at radius 2 is 2.25 bits per heavy atom. The number of ether oxygens (including phenoxy) is 1. The zero-order chi connectivity index (χ0) is 8.23. The van der Waals surface area contributed by atoms with Gasteiger partial charge in [0.2, 0.25) is 5.82 Å². The predicted molar refractivity (Wildman–Crippen MR) is 43.8 cm³/mol. The predicted octanol–water partition coefficient (Wildman–Crippen LogP) is -0.268. The van der Waals surface area contributed by atoms with E-state index in [0.717, 1.165) is 32.1 Å². The summed E-state index contributed by atoms with van der Waals surface area (Å²) in [7, 11) is 0. The summed E-state index contributed by atoms with van der Waals surface area (Å²) >= 11 is 0. The van der Waals surface area contributed by atoms with Gasteiger partial charge in [-0.3, -0.25) is 4.98 Å². The number of nitrogens with zero attached hydrogens (tertiary/aromatic N) is 2. The molecule has 64 valence electrons. The van der Waals surface area contributed by atoms with Gasteiger partial charge in [-0.15, -0.1) is 0 Å². The van der Waals surface area contributed by atoms with Crippen LogP contribution in [0.2, 0.25) is 0 Å². The summed E-state index contributed by atoms with van der Waals surface area (Å²) < 4.78 is 5.24. The van der Waals surface area contributed by atoms with Gasteiger partial charge >= 0.3 is 0 Å². The summed E-state index contributed by atoms with van der Waals surface area (Å²) in [5.74, 6) is 1.03. The topological polar surface area (TPSA) is 39.5 Å². The average molecular weight is 166 g/mol. The van der Waals surface area contributed by atoms with E-state index >= 15 is 0 Å². The highest BCUT2D eigenvalue weighted by atomic mass is 16.5. The van der Waals surface area contributed by atoms with Gasteiger partial charge in [-0.1, -0.05) is 0 Å². The lowest BCUT2D eigenvalue weighted by atomic mass is 10.4. The second-order valence-corrected chi connectivity index (χ2v) is 2.72. The number of aromatic amines is 1. The highest BCUT2D eigenvalue weighted by molar-refractivity contribution is 5.35. The lowest BCUT2D eigenvalue weighted by Crippen LogP contribution is -2.36. The van der Waals surface area contributed by atoms with E-state index in [9.17, 15) is 0 Å². The van der Waals surface area contributed by atoms with Gasteiger partial charge in [0.05, 0.1) is 19.4 Å². The van der Waals surface area contributed by atoms with Crippen molar-refractivity contribution in [2.75, 3.05) is 31.2 Å². The largest absolute Gasteiger partial charge is 0.378 e. The molecular formula is C8H12N3O+. The average Bonchev–Trinajstić information content (AvgIpc) is 2.21. The van der Waals surface area contributed by atoms with Crippen LogP contribution in [-0.2, 0) is 4.74 Å². The highest BCUT2D eigenvalue weighted by Gasteiger charge is 2.14. The van der Waals surface area contributed by atoms with Crippen LogP contribution in [0.1, 0.15) is 0 Å². The van der Waals surface area contributed by atoms with Crippen molar-refractivity contribution in [3.63, 3.8) is 0 Å². The summed E-state index contributed by atoms with van der Waals surface area (Å²) in [4.78, 5) is 9.34. The van der Waals surface area contributed by atoms with Gasteiger partial charge in [-0.2, -0.15) is 0 Å². The van der Waals surface area contributed by atoms with Crippen molar-refractivity contribution in [2.45, 2.75) is 0 Å². The molecule has 0 unspecified atom stereocenters. The van der Waals surface area contributed by atoms with E-state index in [-0.39, 0.29) is 0 Å². The Balaban J connectivity index is 2.08. The first-order valence-corrected chi connectivity index (χ1v) is 4.11. The molecule has 0 spiro atoms. The smallest absolute Gasteiger partial charge is 0.286 e. The van der Waals surface area contributed by atoms with Crippen LogP contribution in [0.5, 0.6) is 0 Å². The number of morpholine rings is 1. The number of hydrogen-bond acceptors (Lipinski definition) is 3. The van der Waals surface area contributed by atoms with E-state index in [0.29, 0.717) is 0 Å². The lowest BCUT2D eigenvalue weighted by Gasteiger charge is -2.24. The molecule has 1 fully saturated rings. The molecule has 0 aromatic carbocycles. The summed E-state index contributed by atoms with van der Waals surface area (Å²) in [6, 6.07) is 1.98. The van der Waals surface area contributed by atoms with Crippen molar-refractivity contribution < 1.29 is 9.72 Å². The van der Waals surface area contributed by atoms with Crippen LogP contribution in [0.25, 0.3) is 0 Å². The molecule has 0 bridgehead atoms. The first-order chi connectivity index (χ1) is 5.97. The lowest BCUT2D eigenvalue weighted by molar-refractivity contribution is -0.382. The molecule has 1 aromatic heterocycles. The Labute approximate surface area is 71.2 Å². The number of hydrogen-bond donors (Lipinski definition) is 0. The first-order valence-electron chi connectivity index (χ1n) is 4.11. The summed E-state index contributed by atoms with van der Waals surface area (Å²) in [5.41, 5.74) is 0. The molecule has 2 heterocycles. The standard InChI is InChI=1S/C8H11N3O/c1-2-9-7-10-8(1)11-3-5-12-6-4-11/h1-2,7H,3-6H2/p+1. The molecular weight excluding hydrogens is 154 g/mol. The maximum atomic E-state index is 5.24. The number of H-pyrrole nitrogens is 1. The Morgan fingerprint density at radius 3 is 2.92 bits per heavy atom. The highest BCUT2D eigenvalue weighted by Crippen LogP contribution is 2.08. The van der Waals surface area contributed by atoms with Gasteiger partial charge in [0, 0.05) is 19.2 Å². The zero-order valence-electron chi connectivity index (χ0n) is 6.86. The van der Waals surface area contributed by atoms with Gasteiger partial charge < -0.3 is 9.64 Å². The fourth-order valence-corrected chi connectivity index (χ4v) is 1.29. The Morgan fingerprint density at radius 1 is 1.42 bits per heavy atom. The van der Waals surface area contributed by atoms with Crippen molar-refractivity contribution in [3.05, 3.63) is 18.6 Å². The van der Waals surface area contributed by atoms with Gasteiger partial charge in [0.15, 0.2) is 0 Å². The minimum atomic E-state index is 0.806.